The maximum Gasteiger partial charge on any atom is 0.249 e. The van der Waals surface area contributed by atoms with Gasteiger partial charge in [0.2, 0.25) is 11.8 Å². The Morgan fingerprint density at radius 3 is 3.00 bits per heavy atom. The molecule has 0 unspecified atom stereocenters. The number of rotatable bonds is 4. The normalized spacial score (nSPS) is 25.9. The average molecular weight is 290 g/mol. The molecule has 2 atom stereocenters. The summed E-state index contributed by atoms with van der Waals surface area (Å²) in [5.41, 5.74) is 6.21. The highest BCUT2D eigenvalue weighted by atomic mass is 16.5. The van der Waals surface area contributed by atoms with E-state index >= 15 is 0 Å². The summed E-state index contributed by atoms with van der Waals surface area (Å²) in [6, 6.07) is 5.69. The predicted octanol–water partition coefficient (Wildman–Crippen LogP) is -1.02. The molecule has 2 aliphatic heterocycles. The number of hydrogen-bond donors (Lipinski definition) is 1. The lowest BCUT2D eigenvalue weighted by Gasteiger charge is -2.35. The fourth-order valence-electron chi connectivity index (χ4n) is 2.97. The van der Waals surface area contributed by atoms with Crippen LogP contribution in [0.1, 0.15) is 5.69 Å². The van der Waals surface area contributed by atoms with E-state index in [9.17, 15) is 9.59 Å². The van der Waals surface area contributed by atoms with Crippen LogP contribution in [0.2, 0.25) is 0 Å². The zero-order valence-electron chi connectivity index (χ0n) is 11.6. The summed E-state index contributed by atoms with van der Waals surface area (Å²) in [4.78, 5) is 31.1. The van der Waals surface area contributed by atoms with Crippen molar-refractivity contribution in [3.8, 4) is 0 Å². The van der Waals surface area contributed by atoms with Crippen molar-refractivity contribution in [2.45, 2.75) is 18.7 Å². The minimum absolute atomic E-state index is 0.0197. The number of pyridine rings is 1. The molecule has 112 valence electrons. The van der Waals surface area contributed by atoms with Crippen LogP contribution in [0.5, 0.6) is 0 Å². The molecule has 2 aliphatic rings. The van der Waals surface area contributed by atoms with Crippen molar-refractivity contribution >= 4 is 11.8 Å². The Bertz CT molecular complexity index is 536. The van der Waals surface area contributed by atoms with Gasteiger partial charge in [-0.25, -0.2) is 0 Å². The Labute approximate surface area is 122 Å². The van der Waals surface area contributed by atoms with Crippen LogP contribution in [0.4, 0.5) is 0 Å². The lowest BCUT2D eigenvalue weighted by molar-refractivity contribution is -0.155. The molecule has 1 aromatic heterocycles. The van der Waals surface area contributed by atoms with Crippen molar-refractivity contribution in [3.05, 3.63) is 30.1 Å². The van der Waals surface area contributed by atoms with E-state index in [1.54, 1.807) is 11.1 Å². The van der Waals surface area contributed by atoms with Crippen LogP contribution in [-0.2, 0) is 20.9 Å². The Hall–Kier alpha value is -1.99. The summed E-state index contributed by atoms with van der Waals surface area (Å²) < 4.78 is 5.59. The average Bonchev–Trinajstić information content (AvgIpc) is 2.86. The second kappa shape index (κ2) is 5.79. The largest absolute Gasteiger partial charge is 0.368 e. The molecule has 2 saturated heterocycles. The number of nitrogens with two attached hydrogens (primary N) is 1. The Balaban J connectivity index is 1.68. The number of likely N-dealkylation sites (tertiary alicyclic amines) is 1. The summed E-state index contributed by atoms with van der Waals surface area (Å²) in [6.07, 6.45) is 1.70. The van der Waals surface area contributed by atoms with Gasteiger partial charge in [-0.2, -0.15) is 0 Å². The Morgan fingerprint density at radius 2 is 2.29 bits per heavy atom. The Kier molecular flexibility index (Phi) is 3.85. The highest BCUT2D eigenvalue weighted by Crippen LogP contribution is 2.24. The third kappa shape index (κ3) is 3.03. The molecule has 0 bridgehead atoms. The zero-order valence-corrected chi connectivity index (χ0v) is 11.6. The van der Waals surface area contributed by atoms with Gasteiger partial charge >= 0.3 is 0 Å². The summed E-state index contributed by atoms with van der Waals surface area (Å²) >= 11 is 0. The SMILES string of the molecule is NC(=O)CN1C(=O)CO[C@H]2CN(Cc3ccccn3)C[C@H]21. The molecule has 7 nitrogen and oxygen atoms in total. The molecule has 2 N–H and O–H groups in total. The fourth-order valence-corrected chi connectivity index (χ4v) is 2.97. The molecular formula is C14H18N4O3. The van der Waals surface area contributed by atoms with Crippen LogP contribution in [0.15, 0.2) is 24.4 Å². The van der Waals surface area contributed by atoms with Crippen LogP contribution < -0.4 is 5.73 Å². The van der Waals surface area contributed by atoms with Crippen molar-refractivity contribution in [3.63, 3.8) is 0 Å². The van der Waals surface area contributed by atoms with Gasteiger partial charge in [-0.3, -0.25) is 19.5 Å². The quantitative estimate of drug-likeness (QED) is 0.766. The first-order chi connectivity index (χ1) is 10.1. The van der Waals surface area contributed by atoms with E-state index in [-0.39, 0.29) is 31.2 Å². The molecule has 3 rings (SSSR count). The van der Waals surface area contributed by atoms with Crippen LogP contribution in [0.25, 0.3) is 0 Å². The van der Waals surface area contributed by atoms with Crippen molar-refractivity contribution in [2.24, 2.45) is 5.73 Å². The van der Waals surface area contributed by atoms with Gasteiger partial charge in [0.15, 0.2) is 0 Å². The van der Waals surface area contributed by atoms with E-state index in [4.69, 9.17) is 10.5 Å². The molecule has 0 aromatic carbocycles. The number of carbonyl (C=O) groups excluding carboxylic acids is 2. The van der Waals surface area contributed by atoms with Gasteiger partial charge in [0, 0.05) is 25.8 Å². The van der Waals surface area contributed by atoms with E-state index < -0.39 is 5.91 Å². The lowest BCUT2D eigenvalue weighted by atomic mass is 10.1. The van der Waals surface area contributed by atoms with Gasteiger partial charge in [-0.05, 0) is 12.1 Å². The van der Waals surface area contributed by atoms with E-state index in [1.165, 1.54) is 0 Å². The van der Waals surface area contributed by atoms with Crippen molar-refractivity contribution in [1.29, 1.82) is 0 Å². The first kappa shape index (κ1) is 14.0. The van der Waals surface area contributed by atoms with Crippen molar-refractivity contribution in [1.82, 2.24) is 14.8 Å². The number of primary amides is 1. The second-order valence-electron chi connectivity index (χ2n) is 5.42. The van der Waals surface area contributed by atoms with E-state index in [0.29, 0.717) is 13.1 Å². The number of hydrogen-bond acceptors (Lipinski definition) is 5. The topological polar surface area (TPSA) is 88.8 Å². The van der Waals surface area contributed by atoms with Gasteiger partial charge < -0.3 is 15.4 Å². The van der Waals surface area contributed by atoms with E-state index in [1.807, 2.05) is 18.2 Å². The molecule has 21 heavy (non-hydrogen) atoms. The fraction of sp³-hybridized carbons (Fsp3) is 0.500. The maximum absolute atomic E-state index is 11.9. The van der Waals surface area contributed by atoms with Gasteiger partial charge in [-0.1, -0.05) is 6.07 Å². The van der Waals surface area contributed by atoms with Crippen LogP contribution in [0.3, 0.4) is 0 Å². The predicted molar refractivity (Wildman–Crippen MR) is 73.9 cm³/mol. The Morgan fingerprint density at radius 1 is 1.43 bits per heavy atom. The third-order valence-electron chi connectivity index (χ3n) is 3.89. The highest BCUT2D eigenvalue weighted by Gasteiger charge is 2.43. The highest BCUT2D eigenvalue weighted by molar-refractivity contribution is 5.85. The summed E-state index contributed by atoms with van der Waals surface area (Å²) in [6.45, 7) is 2.08. The second-order valence-corrected chi connectivity index (χ2v) is 5.42. The molecule has 2 fully saturated rings. The number of amides is 2. The van der Waals surface area contributed by atoms with Crippen LogP contribution in [-0.4, -0.2) is 65.0 Å². The zero-order chi connectivity index (χ0) is 14.8. The van der Waals surface area contributed by atoms with Gasteiger partial charge in [0.25, 0.3) is 0 Å². The molecule has 0 aliphatic carbocycles. The minimum Gasteiger partial charge on any atom is -0.368 e. The lowest BCUT2D eigenvalue weighted by Crippen LogP contribution is -2.56. The number of nitrogens with zero attached hydrogens (tertiary/aromatic N) is 3. The molecule has 3 heterocycles. The smallest absolute Gasteiger partial charge is 0.249 e. The van der Waals surface area contributed by atoms with Crippen molar-refractivity contribution in [2.75, 3.05) is 26.2 Å². The molecule has 7 heteroatoms. The van der Waals surface area contributed by atoms with E-state index in [0.717, 1.165) is 12.2 Å². The maximum atomic E-state index is 11.9. The number of fused-ring (bicyclic) bond motifs is 1. The van der Waals surface area contributed by atoms with Crippen LogP contribution >= 0.6 is 0 Å². The molecule has 0 saturated carbocycles. The molecule has 0 spiro atoms. The number of morpholine rings is 1. The first-order valence-electron chi connectivity index (χ1n) is 6.95. The van der Waals surface area contributed by atoms with Gasteiger partial charge in [-0.15, -0.1) is 0 Å². The minimum atomic E-state index is -0.493. The number of aromatic nitrogens is 1. The van der Waals surface area contributed by atoms with E-state index in [2.05, 4.69) is 9.88 Å². The molecular weight excluding hydrogens is 272 g/mol. The number of carbonyl (C=O) groups is 2. The molecule has 0 radical (unpaired) electrons. The van der Waals surface area contributed by atoms with Gasteiger partial charge in [0.1, 0.15) is 6.61 Å². The third-order valence-corrected chi connectivity index (χ3v) is 3.89. The molecule has 1 aromatic rings. The molecule has 2 amide bonds. The van der Waals surface area contributed by atoms with Crippen molar-refractivity contribution < 1.29 is 14.3 Å². The standard InChI is InChI=1S/C14H18N4O3/c15-13(19)8-18-11-6-17(5-10-3-1-2-4-16-10)7-12(11)21-9-14(18)20/h1-4,11-12H,5-9H2,(H2,15,19)/t11-,12+/m1/s1. The summed E-state index contributed by atoms with van der Waals surface area (Å²) in [5.74, 6) is -0.665. The summed E-state index contributed by atoms with van der Waals surface area (Å²) in [7, 11) is 0. The number of ether oxygens (including phenoxy) is 1. The van der Waals surface area contributed by atoms with Crippen LogP contribution in [0, 0.1) is 0 Å². The monoisotopic (exact) mass is 290 g/mol. The first-order valence-corrected chi connectivity index (χ1v) is 6.95. The summed E-state index contributed by atoms with van der Waals surface area (Å²) in [5, 5.41) is 0. The van der Waals surface area contributed by atoms with Gasteiger partial charge in [0.05, 0.1) is 24.4 Å².